The van der Waals surface area contributed by atoms with Gasteiger partial charge in [0.15, 0.2) is 0 Å². The van der Waals surface area contributed by atoms with Gasteiger partial charge >= 0.3 is 6.03 Å². The van der Waals surface area contributed by atoms with Gasteiger partial charge in [-0.25, -0.2) is 13.9 Å². The second-order valence-electron chi connectivity index (χ2n) is 9.89. The molecule has 1 atom stereocenters. The van der Waals surface area contributed by atoms with Gasteiger partial charge in [0, 0.05) is 37.2 Å². The van der Waals surface area contributed by atoms with Gasteiger partial charge < -0.3 is 19.7 Å². The summed E-state index contributed by atoms with van der Waals surface area (Å²) in [7, 11) is 4.00. The van der Waals surface area contributed by atoms with Gasteiger partial charge in [0.05, 0.1) is 29.7 Å². The topological polar surface area (TPSA) is 58.3 Å². The van der Waals surface area contributed by atoms with Crippen LogP contribution in [0.2, 0.25) is 0 Å². The molecule has 0 unspecified atom stereocenters. The third kappa shape index (κ3) is 4.44. The first kappa shape index (κ1) is 24.5. The second kappa shape index (κ2) is 9.79. The highest BCUT2D eigenvalue weighted by Crippen LogP contribution is 2.39. The average molecular weight is 521 g/mol. The quantitative estimate of drug-likeness (QED) is 0.302. The summed E-state index contributed by atoms with van der Waals surface area (Å²) in [6.45, 7) is 2.28. The van der Waals surface area contributed by atoms with E-state index in [-0.39, 0.29) is 6.03 Å². The molecule has 1 aliphatic rings. The number of carbonyl (C=O) groups excluding carboxylic acids is 1. The Bertz CT molecular complexity index is 1640. The minimum Gasteiger partial charge on any atom is -0.378 e. The number of urea groups is 1. The van der Waals surface area contributed by atoms with Crippen molar-refractivity contribution in [1.29, 1.82) is 0 Å². The summed E-state index contributed by atoms with van der Waals surface area (Å²) >= 11 is 0. The van der Waals surface area contributed by atoms with E-state index in [1.54, 1.807) is 17.0 Å². The molecule has 0 bridgehead atoms. The molecule has 1 aliphatic heterocycles. The number of anilines is 2. The van der Waals surface area contributed by atoms with E-state index in [9.17, 15) is 9.18 Å². The van der Waals surface area contributed by atoms with E-state index in [1.165, 1.54) is 12.1 Å². The van der Waals surface area contributed by atoms with E-state index in [1.807, 2.05) is 79.3 Å². The summed E-state index contributed by atoms with van der Waals surface area (Å²) in [4.78, 5) is 17.8. The Morgan fingerprint density at radius 2 is 1.74 bits per heavy atom. The van der Waals surface area contributed by atoms with Crippen LogP contribution in [0, 0.1) is 12.7 Å². The molecule has 196 valence electrons. The summed E-state index contributed by atoms with van der Waals surface area (Å²) in [5.41, 5.74) is 6.08. The van der Waals surface area contributed by atoms with E-state index < -0.39 is 11.9 Å². The van der Waals surface area contributed by atoms with Crippen molar-refractivity contribution >= 4 is 17.4 Å². The van der Waals surface area contributed by atoms with Crippen LogP contribution in [-0.2, 0) is 6.54 Å². The molecule has 0 saturated heterocycles. The van der Waals surface area contributed by atoms with Crippen LogP contribution in [0.25, 0.3) is 11.5 Å². The van der Waals surface area contributed by atoms with Gasteiger partial charge in [0.25, 0.3) is 0 Å². The van der Waals surface area contributed by atoms with Gasteiger partial charge in [0.2, 0.25) is 0 Å². The number of carbonyl (C=O) groups is 1. The van der Waals surface area contributed by atoms with E-state index in [0.29, 0.717) is 12.2 Å². The molecule has 0 spiro atoms. The van der Waals surface area contributed by atoms with E-state index >= 15 is 0 Å². The molecular formula is C31H29FN6O. The van der Waals surface area contributed by atoms with Crippen molar-refractivity contribution in [3.63, 3.8) is 0 Å². The average Bonchev–Trinajstić information content (AvgIpc) is 3.49. The van der Waals surface area contributed by atoms with Crippen LogP contribution in [0.5, 0.6) is 0 Å². The van der Waals surface area contributed by atoms with Crippen molar-refractivity contribution in [2.24, 2.45) is 0 Å². The summed E-state index contributed by atoms with van der Waals surface area (Å²) < 4.78 is 18.0. The SMILES string of the molecule is Cc1nn(-c2ccccc2)c2c1CN(C(=O)Nc1cccc(F)c1)[C@H](c1ccc(N(C)C)cc1)c1cccn1-2. The number of nitrogens with zero attached hydrogens (tertiary/aromatic N) is 5. The number of rotatable bonds is 4. The molecule has 2 aromatic heterocycles. The van der Waals surface area contributed by atoms with Crippen molar-refractivity contribution in [3.05, 3.63) is 126 Å². The number of benzene rings is 3. The minimum absolute atomic E-state index is 0.316. The van der Waals surface area contributed by atoms with Crippen molar-refractivity contribution < 1.29 is 9.18 Å². The van der Waals surface area contributed by atoms with Gasteiger partial charge in [-0.2, -0.15) is 5.10 Å². The normalized spacial score (nSPS) is 14.4. The molecule has 39 heavy (non-hydrogen) atoms. The first-order valence-corrected chi connectivity index (χ1v) is 12.8. The molecular weight excluding hydrogens is 491 g/mol. The van der Waals surface area contributed by atoms with Gasteiger partial charge in [-0.15, -0.1) is 0 Å². The predicted octanol–water partition coefficient (Wildman–Crippen LogP) is 6.31. The highest BCUT2D eigenvalue weighted by molar-refractivity contribution is 5.90. The molecule has 0 saturated carbocycles. The Balaban J connectivity index is 1.52. The lowest BCUT2D eigenvalue weighted by molar-refractivity contribution is 0.194. The highest BCUT2D eigenvalue weighted by Gasteiger charge is 2.36. The zero-order valence-corrected chi connectivity index (χ0v) is 22.0. The third-order valence-electron chi connectivity index (χ3n) is 7.15. The number of aromatic nitrogens is 3. The number of hydrogen-bond acceptors (Lipinski definition) is 3. The van der Waals surface area contributed by atoms with Crippen LogP contribution in [0.3, 0.4) is 0 Å². The fraction of sp³-hybridized carbons (Fsp3) is 0.161. The number of para-hydroxylation sites is 1. The largest absolute Gasteiger partial charge is 0.378 e. The Kier molecular flexibility index (Phi) is 6.15. The number of halogens is 1. The van der Waals surface area contributed by atoms with Crippen molar-refractivity contribution in [1.82, 2.24) is 19.2 Å². The lowest BCUT2D eigenvalue weighted by Crippen LogP contribution is -2.38. The first-order valence-electron chi connectivity index (χ1n) is 12.8. The monoisotopic (exact) mass is 520 g/mol. The number of fused-ring (bicyclic) bond motifs is 3. The van der Waals surface area contributed by atoms with Gasteiger partial charge in [-0.3, -0.25) is 0 Å². The highest BCUT2D eigenvalue weighted by atomic mass is 19.1. The van der Waals surface area contributed by atoms with E-state index in [2.05, 4.69) is 34.1 Å². The van der Waals surface area contributed by atoms with Crippen molar-refractivity contribution in [3.8, 4) is 11.5 Å². The van der Waals surface area contributed by atoms with Gasteiger partial charge in [-0.05, 0) is 67.1 Å². The maximum absolute atomic E-state index is 14.0. The molecule has 0 fully saturated rings. The Hall–Kier alpha value is -4.85. The third-order valence-corrected chi connectivity index (χ3v) is 7.15. The summed E-state index contributed by atoms with van der Waals surface area (Å²) in [6.07, 6.45) is 2.02. The Labute approximate surface area is 226 Å². The standard InChI is InChI=1S/C31H29FN6O/c1-21-27-20-37(31(39)33-24-10-7-9-23(32)19-24)29(22-14-16-25(17-15-22)35(2)3)28-13-8-18-36(28)30(27)38(34-21)26-11-5-4-6-12-26/h4-19,29H,20H2,1-3H3,(H,33,39)/t29-/m1/s1. The lowest BCUT2D eigenvalue weighted by atomic mass is 10.0. The van der Waals surface area contributed by atoms with Crippen LogP contribution in [0.4, 0.5) is 20.6 Å². The zero-order valence-electron chi connectivity index (χ0n) is 22.0. The summed E-state index contributed by atoms with van der Waals surface area (Å²) in [6, 6.07) is 27.5. The van der Waals surface area contributed by atoms with Gasteiger partial charge in [-0.1, -0.05) is 36.4 Å². The molecule has 2 amide bonds. The number of nitrogens with one attached hydrogen (secondary N) is 1. The summed E-state index contributed by atoms with van der Waals surface area (Å²) in [5, 5.41) is 7.81. The van der Waals surface area contributed by atoms with E-state index in [4.69, 9.17) is 5.10 Å². The molecule has 7 nitrogen and oxygen atoms in total. The zero-order chi connectivity index (χ0) is 27.1. The first-order chi connectivity index (χ1) is 18.9. The van der Waals surface area contributed by atoms with E-state index in [0.717, 1.165) is 39.7 Å². The van der Waals surface area contributed by atoms with Crippen molar-refractivity contribution in [2.45, 2.75) is 19.5 Å². The van der Waals surface area contributed by atoms with Crippen LogP contribution in [0.1, 0.15) is 28.6 Å². The maximum atomic E-state index is 14.0. The Morgan fingerprint density at radius 3 is 2.46 bits per heavy atom. The molecule has 5 aromatic rings. The molecule has 3 aromatic carbocycles. The second-order valence-corrected chi connectivity index (χ2v) is 9.89. The Morgan fingerprint density at radius 1 is 0.974 bits per heavy atom. The fourth-order valence-corrected chi connectivity index (χ4v) is 5.22. The molecule has 0 radical (unpaired) electrons. The van der Waals surface area contributed by atoms with Crippen molar-refractivity contribution in [2.75, 3.05) is 24.3 Å². The number of amides is 2. The number of hydrogen-bond donors (Lipinski definition) is 1. The molecule has 6 rings (SSSR count). The van der Waals surface area contributed by atoms with Crippen LogP contribution in [0.15, 0.2) is 97.2 Å². The van der Waals surface area contributed by atoms with Gasteiger partial charge in [0.1, 0.15) is 11.6 Å². The fourth-order valence-electron chi connectivity index (χ4n) is 5.22. The number of aryl methyl sites for hydroxylation is 1. The predicted molar refractivity (Wildman–Crippen MR) is 151 cm³/mol. The summed E-state index contributed by atoms with van der Waals surface area (Å²) in [5.74, 6) is 0.491. The lowest BCUT2D eigenvalue weighted by Gasteiger charge is -2.31. The smallest absolute Gasteiger partial charge is 0.322 e. The minimum atomic E-state index is -0.407. The maximum Gasteiger partial charge on any atom is 0.322 e. The van der Waals surface area contributed by atoms with Crippen LogP contribution in [-0.4, -0.2) is 39.4 Å². The van der Waals surface area contributed by atoms with Crippen LogP contribution < -0.4 is 10.2 Å². The molecule has 8 heteroatoms. The molecule has 1 N–H and O–H groups in total. The van der Waals surface area contributed by atoms with Crippen LogP contribution >= 0.6 is 0 Å². The molecule has 3 heterocycles. The molecule has 0 aliphatic carbocycles.